The lowest BCUT2D eigenvalue weighted by Crippen LogP contribution is -2.24. The Hall–Kier alpha value is -1.37. The minimum absolute atomic E-state index is 0.235. The van der Waals surface area contributed by atoms with Crippen molar-refractivity contribution in [3.8, 4) is 11.8 Å². The van der Waals surface area contributed by atoms with Crippen molar-refractivity contribution in [2.24, 2.45) is 5.73 Å². The van der Waals surface area contributed by atoms with Crippen molar-refractivity contribution < 1.29 is 4.39 Å². The molecule has 102 valence electrons. The van der Waals surface area contributed by atoms with Gasteiger partial charge in [-0.2, -0.15) is 0 Å². The van der Waals surface area contributed by atoms with E-state index in [9.17, 15) is 4.39 Å². The molecular formula is C16H21FN2. The lowest BCUT2D eigenvalue weighted by Gasteiger charge is -2.20. The van der Waals surface area contributed by atoms with Crippen LogP contribution in [0, 0.1) is 17.7 Å². The molecule has 2 N–H and O–H groups in total. The fraction of sp³-hybridized carbons (Fsp3) is 0.500. The van der Waals surface area contributed by atoms with Crippen LogP contribution in [0.25, 0.3) is 0 Å². The van der Waals surface area contributed by atoms with Crippen molar-refractivity contribution in [3.63, 3.8) is 0 Å². The molecule has 1 aromatic rings. The van der Waals surface area contributed by atoms with Gasteiger partial charge in [-0.25, -0.2) is 4.39 Å². The highest BCUT2D eigenvalue weighted by Crippen LogP contribution is 2.16. The summed E-state index contributed by atoms with van der Waals surface area (Å²) in [6.45, 7) is 3.41. The Morgan fingerprint density at radius 3 is 2.58 bits per heavy atom. The maximum Gasteiger partial charge on any atom is 0.124 e. The van der Waals surface area contributed by atoms with E-state index in [1.54, 1.807) is 0 Å². The number of benzene rings is 1. The number of rotatable bonds is 2. The largest absolute Gasteiger partial charge is 0.320 e. The number of nitrogens with two attached hydrogens (primary N) is 1. The standard InChI is InChI=1S/C16H21FN2/c17-16-8-7-15(14(12-16)6-5-9-18)13-19-10-3-1-2-4-11-19/h7-8,12H,1-4,9-11,13,18H2. The first kappa shape index (κ1) is 14.0. The zero-order valence-electron chi connectivity index (χ0n) is 11.3. The van der Waals surface area contributed by atoms with E-state index >= 15 is 0 Å². The summed E-state index contributed by atoms with van der Waals surface area (Å²) in [4.78, 5) is 2.44. The van der Waals surface area contributed by atoms with Gasteiger partial charge in [-0.15, -0.1) is 0 Å². The minimum Gasteiger partial charge on any atom is -0.320 e. The molecule has 0 saturated carbocycles. The van der Waals surface area contributed by atoms with Crippen LogP contribution in [0.5, 0.6) is 0 Å². The van der Waals surface area contributed by atoms with Crippen molar-refractivity contribution in [1.29, 1.82) is 0 Å². The van der Waals surface area contributed by atoms with Crippen LogP contribution in [0.15, 0.2) is 18.2 Å². The van der Waals surface area contributed by atoms with E-state index in [1.807, 2.05) is 6.07 Å². The smallest absolute Gasteiger partial charge is 0.124 e. The molecule has 0 aliphatic carbocycles. The summed E-state index contributed by atoms with van der Waals surface area (Å²) in [5.74, 6) is 5.56. The molecule has 2 rings (SSSR count). The van der Waals surface area contributed by atoms with E-state index in [4.69, 9.17) is 5.73 Å². The SMILES string of the molecule is NCC#Cc1cc(F)ccc1CN1CCCCCC1. The molecule has 0 amide bonds. The summed E-state index contributed by atoms with van der Waals surface area (Å²) in [6, 6.07) is 4.87. The van der Waals surface area contributed by atoms with Gasteiger partial charge in [0.25, 0.3) is 0 Å². The zero-order valence-corrected chi connectivity index (χ0v) is 11.3. The highest BCUT2D eigenvalue weighted by molar-refractivity contribution is 5.41. The van der Waals surface area contributed by atoms with Crippen molar-refractivity contribution in [2.45, 2.75) is 32.2 Å². The molecule has 19 heavy (non-hydrogen) atoms. The maximum atomic E-state index is 13.3. The summed E-state index contributed by atoms with van der Waals surface area (Å²) in [7, 11) is 0. The van der Waals surface area contributed by atoms with Gasteiger partial charge in [0, 0.05) is 12.1 Å². The van der Waals surface area contributed by atoms with Crippen LogP contribution < -0.4 is 5.73 Å². The highest BCUT2D eigenvalue weighted by atomic mass is 19.1. The molecule has 1 fully saturated rings. The lowest BCUT2D eigenvalue weighted by molar-refractivity contribution is 0.276. The normalized spacial score (nSPS) is 16.5. The third-order valence-corrected chi connectivity index (χ3v) is 3.49. The second kappa shape index (κ2) is 7.28. The van der Waals surface area contributed by atoms with E-state index in [-0.39, 0.29) is 5.82 Å². The Labute approximate surface area is 114 Å². The topological polar surface area (TPSA) is 29.3 Å². The van der Waals surface area contributed by atoms with Gasteiger partial charge in [0.2, 0.25) is 0 Å². The third kappa shape index (κ3) is 4.34. The molecule has 3 heteroatoms. The first-order valence-electron chi connectivity index (χ1n) is 6.99. The zero-order chi connectivity index (χ0) is 13.5. The summed E-state index contributed by atoms with van der Waals surface area (Å²) in [6.07, 6.45) is 5.15. The van der Waals surface area contributed by atoms with Crippen LogP contribution in [0.4, 0.5) is 4.39 Å². The van der Waals surface area contributed by atoms with Crippen molar-refractivity contribution in [3.05, 3.63) is 35.1 Å². The van der Waals surface area contributed by atoms with Gasteiger partial charge >= 0.3 is 0 Å². The molecule has 1 aromatic carbocycles. The second-order valence-electron chi connectivity index (χ2n) is 5.00. The van der Waals surface area contributed by atoms with E-state index in [1.165, 1.54) is 37.8 Å². The van der Waals surface area contributed by atoms with E-state index in [2.05, 4.69) is 16.7 Å². The Kier molecular flexibility index (Phi) is 5.38. The average Bonchev–Trinajstić information content (AvgIpc) is 2.67. The molecule has 1 aliphatic rings. The number of nitrogens with zero attached hydrogens (tertiary/aromatic N) is 1. The summed E-state index contributed by atoms with van der Waals surface area (Å²) in [5, 5.41) is 0. The predicted octanol–water partition coefficient (Wildman–Crippen LogP) is 2.51. The predicted molar refractivity (Wildman–Crippen MR) is 76.1 cm³/mol. The van der Waals surface area contributed by atoms with Crippen LogP contribution in [0.3, 0.4) is 0 Å². The quantitative estimate of drug-likeness (QED) is 0.828. The van der Waals surface area contributed by atoms with E-state index in [0.29, 0.717) is 6.54 Å². The maximum absolute atomic E-state index is 13.3. The first-order chi connectivity index (χ1) is 9.29. The molecule has 0 radical (unpaired) electrons. The van der Waals surface area contributed by atoms with Crippen LogP contribution in [0.1, 0.15) is 36.8 Å². The Morgan fingerprint density at radius 2 is 1.89 bits per heavy atom. The third-order valence-electron chi connectivity index (χ3n) is 3.49. The van der Waals surface area contributed by atoms with Crippen LogP contribution in [0.2, 0.25) is 0 Å². The lowest BCUT2D eigenvalue weighted by atomic mass is 10.1. The summed E-state index contributed by atoms with van der Waals surface area (Å²) < 4.78 is 13.3. The van der Waals surface area contributed by atoms with Gasteiger partial charge in [0.05, 0.1) is 6.54 Å². The molecular weight excluding hydrogens is 239 g/mol. The fourth-order valence-electron chi connectivity index (χ4n) is 2.48. The summed E-state index contributed by atoms with van der Waals surface area (Å²) >= 11 is 0. The van der Waals surface area contributed by atoms with Crippen molar-refractivity contribution >= 4 is 0 Å². The highest BCUT2D eigenvalue weighted by Gasteiger charge is 2.11. The first-order valence-corrected chi connectivity index (χ1v) is 6.99. The number of hydrogen-bond donors (Lipinski definition) is 1. The van der Waals surface area contributed by atoms with Crippen LogP contribution >= 0.6 is 0 Å². The van der Waals surface area contributed by atoms with Gasteiger partial charge in [-0.1, -0.05) is 30.7 Å². The Morgan fingerprint density at radius 1 is 1.16 bits per heavy atom. The van der Waals surface area contributed by atoms with Crippen molar-refractivity contribution in [2.75, 3.05) is 19.6 Å². The molecule has 2 nitrogen and oxygen atoms in total. The molecule has 0 unspecified atom stereocenters. The van der Waals surface area contributed by atoms with E-state index in [0.717, 1.165) is 30.8 Å². The van der Waals surface area contributed by atoms with Gasteiger partial charge in [0.1, 0.15) is 5.82 Å². The van der Waals surface area contributed by atoms with Gasteiger partial charge in [-0.05, 0) is 43.6 Å². The fourth-order valence-corrected chi connectivity index (χ4v) is 2.48. The van der Waals surface area contributed by atoms with Crippen LogP contribution in [-0.2, 0) is 6.54 Å². The minimum atomic E-state index is -0.235. The number of hydrogen-bond acceptors (Lipinski definition) is 2. The molecule has 0 bridgehead atoms. The summed E-state index contributed by atoms with van der Waals surface area (Å²) in [5.41, 5.74) is 7.27. The molecule has 0 atom stereocenters. The Balaban J connectivity index is 2.13. The van der Waals surface area contributed by atoms with Crippen molar-refractivity contribution in [1.82, 2.24) is 4.90 Å². The Bertz CT molecular complexity index is 465. The van der Waals surface area contributed by atoms with E-state index < -0.39 is 0 Å². The monoisotopic (exact) mass is 260 g/mol. The van der Waals surface area contributed by atoms with Gasteiger partial charge < -0.3 is 5.73 Å². The molecule has 0 spiro atoms. The second-order valence-corrected chi connectivity index (χ2v) is 5.00. The average molecular weight is 260 g/mol. The molecule has 1 aliphatic heterocycles. The molecule has 1 heterocycles. The molecule has 0 aromatic heterocycles. The van der Waals surface area contributed by atoms with Crippen LogP contribution in [-0.4, -0.2) is 24.5 Å². The van der Waals surface area contributed by atoms with Gasteiger partial charge in [-0.3, -0.25) is 4.90 Å². The van der Waals surface area contributed by atoms with Gasteiger partial charge in [0.15, 0.2) is 0 Å². The number of halogens is 1. The molecule has 1 saturated heterocycles. The number of likely N-dealkylation sites (tertiary alicyclic amines) is 1.